The van der Waals surface area contributed by atoms with E-state index in [1.807, 2.05) is 45.2 Å². The number of ether oxygens (including phenoxy) is 2. The average molecular weight is 311 g/mol. The lowest BCUT2D eigenvalue weighted by molar-refractivity contribution is -0.208. The summed E-state index contributed by atoms with van der Waals surface area (Å²) in [4.78, 5) is 0. The molecule has 1 aliphatic rings. The summed E-state index contributed by atoms with van der Waals surface area (Å²) in [6, 6.07) is 7.77. The fourth-order valence-corrected chi connectivity index (χ4v) is 2.22. The maximum atomic E-state index is 9.87. The summed E-state index contributed by atoms with van der Waals surface area (Å²) in [6.45, 7) is 4.89. The van der Waals surface area contributed by atoms with Gasteiger partial charge in [-0.05, 0) is 50.6 Å². The third-order valence-corrected chi connectivity index (χ3v) is 3.47. The third-order valence-electron chi connectivity index (χ3n) is 3.47. The molecule has 1 saturated heterocycles. The van der Waals surface area contributed by atoms with Crippen molar-refractivity contribution in [3.8, 4) is 5.75 Å². The molecule has 5 nitrogen and oxygen atoms in total. The van der Waals surface area contributed by atoms with Gasteiger partial charge in [-0.2, -0.15) is 0 Å². The Balaban J connectivity index is 0.00000116. The summed E-state index contributed by atoms with van der Waals surface area (Å²) in [5.41, 5.74) is 1.23. The topological polar surface area (TPSA) is 71.0 Å². The van der Waals surface area contributed by atoms with Crippen LogP contribution in [-0.2, 0) is 11.2 Å². The molecular formula is C17H29NO4. The highest BCUT2D eigenvalue weighted by atomic mass is 16.7. The average Bonchev–Trinajstić information content (AvgIpc) is 2.58. The van der Waals surface area contributed by atoms with Gasteiger partial charge in [-0.1, -0.05) is 26.0 Å². The monoisotopic (exact) mass is 311 g/mol. The molecule has 1 aliphatic heterocycles. The van der Waals surface area contributed by atoms with Crippen molar-refractivity contribution in [3.05, 3.63) is 29.8 Å². The summed E-state index contributed by atoms with van der Waals surface area (Å²) in [6.07, 6.45) is 0.590. The van der Waals surface area contributed by atoms with E-state index in [9.17, 15) is 5.11 Å². The van der Waals surface area contributed by atoms with Crippen LogP contribution in [0.5, 0.6) is 5.75 Å². The summed E-state index contributed by atoms with van der Waals surface area (Å²) >= 11 is 0. The molecule has 22 heavy (non-hydrogen) atoms. The van der Waals surface area contributed by atoms with Crippen molar-refractivity contribution in [3.63, 3.8) is 0 Å². The fourth-order valence-electron chi connectivity index (χ4n) is 2.22. The minimum atomic E-state index is -0.705. The SMILES string of the molecule is CC.CNCCc1ccc(OC2OC(CO)CC[C@H]2O)cc1. The number of aliphatic hydroxyl groups excluding tert-OH is 2. The van der Waals surface area contributed by atoms with Gasteiger partial charge in [0.25, 0.3) is 0 Å². The van der Waals surface area contributed by atoms with Gasteiger partial charge in [0, 0.05) is 0 Å². The minimum Gasteiger partial charge on any atom is -0.462 e. The molecule has 1 heterocycles. The summed E-state index contributed by atoms with van der Waals surface area (Å²) in [5, 5.41) is 22.1. The van der Waals surface area contributed by atoms with Gasteiger partial charge in [0.2, 0.25) is 6.29 Å². The molecule has 5 heteroatoms. The Labute approximate surface area is 133 Å². The lowest BCUT2D eigenvalue weighted by Crippen LogP contribution is -2.43. The number of aliphatic hydroxyl groups is 2. The molecule has 2 unspecified atom stereocenters. The molecule has 2 rings (SSSR count). The van der Waals surface area contributed by atoms with E-state index in [4.69, 9.17) is 14.6 Å². The van der Waals surface area contributed by atoms with Crippen LogP contribution in [0.25, 0.3) is 0 Å². The molecule has 126 valence electrons. The van der Waals surface area contributed by atoms with E-state index in [0.29, 0.717) is 18.6 Å². The van der Waals surface area contributed by atoms with E-state index in [1.165, 1.54) is 5.56 Å². The Kier molecular flexibility index (Phi) is 9.08. The molecule has 0 radical (unpaired) electrons. The Bertz CT molecular complexity index is 396. The van der Waals surface area contributed by atoms with Crippen molar-refractivity contribution >= 4 is 0 Å². The molecule has 0 saturated carbocycles. The molecule has 3 N–H and O–H groups in total. The van der Waals surface area contributed by atoms with Crippen molar-refractivity contribution < 1.29 is 19.7 Å². The van der Waals surface area contributed by atoms with Crippen LogP contribution in [0.15, 0.2) is 24.3 Å². The van der Waals surface area contributed by atoms with E-state index in [1.54, 1.807) is 0 Å². The molecule has 1 fully saturated rings. The van der Waals surface area contributed by atoms with Crippen molar-refractivity contribution in [2.75, 3.05) is 20.2 Å². The number of rotatable bonds is 6. The van der Waals surface area contributed by atoms with Gasteiger partial charge in [0.05, 0.1) is 12.7 Å². The maximum absolute atomic E-state index is 9.87. The van der Waals surface area contributed by atoms with Gasteiger partial charge in [0.15, 0.2) is 0 Å². The minimum absolute atomic E-state index is 0.0461. The van der Waals surface area contributed by atoms with Crippen LogP contribution in [0.1, 0.15) is 32.3 Å². The summed E-state index contributed by atoms with van der Waals surface area (Å²) in [5.74, 6) is 0.667. The first-order valence-electron chi connectivity index (χ1n) is 8.07. The molecule has 1 aromatic carbocycles. The zero-order valence-electron chi connectivity index (χ0n) is 13.8. The quantitative estimate of drug-likeness (QED) is 0.746. The number of benzene rings is 1. The van der Waals surface area contributed by atoms with Gasteiger partial charge in [-0.3, -0.25) is 0 Å². The van der Waals surface area contributed by atoms with E-state index >= 15 is 0 Å². The number of likely N-dealkylation sites (N-methyl/N-ethyl adjacent to an activating group) is 1. The second-order valence-electron chi connectivity index (χ2n) is 5.07. The molecule has 1 aromatic rings. The summed E-state index contributed by atoms with van der Waals surface area (Å²) in [7, 11) is 1.93. The lowest BCUT2D eigenvalue weighted by Gasteiger charge is -2.33. The largest absolute Gasteiger partial charge is 0.462 e. The first-order valence-corrected chi connectivity index (χ1v) is 8.07. The molecule has 0 aliphatic carbocycles. The highest BCUT2D eigenvalue weighted by Gasteiger charge is 2.31. The Morgan fingerprint density at radius 1 is 1.23 bits per heavy atom. The van der Waals surface area contributed by atoms with Crippen LogP contribution in [0.4, 0.5) is 0 Å². The Hall–Kier alpha value is -1.14. The standard InChI is InChI=1S/C15H23NO4.C2H6/c1-16-9-8-11-2-4-12(5-3-11)19-15-14(18)7-6-13(10-17)20-15;1-2/h2-5,13-18H,6-10H2,1H3;1-2H3/t13?,14-,15?;/m1./s1. The molecule has 0 amide bonds. The van der Waals surface area contributed by atoms with E-state index in [-0.39, 0.29) is 12.7 Å². The molecule has 0 bridgehead atoms. The highest BCUT2D eigenvalue weighted by Crippen LogP contribution is 2.23. The van der Waals surface area contributed by atoms with Crippen molar-refractivity contribution in [2.24, 2.45) is 0 Å². The van der Waals surface area contributed by atoms with E-state index in [0.717, 1.165) is 13.0 Å². The van der Waals surface area contributed by atoms with Crippen LogP contribution >= 0.6 is 0 Å². The molecule has 0 spiro atoms. The van der Waals surface area contributed by atoms with E-state index < -0.39 is 12.4 Å². The second kappa shape index (κ2) is 10.6. The number of hydrogen-bond donors (Lipinski definition) is 3. The Morgan fingerprint density at radius 2 is 1.91 bits per heavy atom. The highest BCUT2D eigenvalue weighted by molar-refractivity contribution is 5.27. The van der Waals surface area contributed by atoms with E-state index in [2.05, 4.69) is 5.32 Å². The van der Waals surface area contributed by atoms with Crippen LogP contribution < -0.4 is 10.1 Å². The van der Waals surface area contributed by atoms with Gasteiger partial charge in [0.1, 0.15) is 11.9 Å². The zero-order valence-corrected chi connectivity index (χ0v) is 13.8. The maximum Gasteiger partial charge on any atom is 0.226 e. The first-order chi connectivity index (χ1) is 10.7. The van der Waals surface area contributed by atoms with Gasteiger partial charge >= 0.3 is 0 Å². The summed E-state index contributed by atoms with van der Waals surface area (Å²) < 4.78 is 11.2. The predicted octanol–water partition coefficient (Wildman–Crippen LogP) is 1.71. The van der Waals surface area contributed by atoms with Crippen molar-refractivity contribution in [1.29, 1.82) is 0 Å². The van der Waals surface area contributed by atoms with Gasteiger partial charge in [-0.25, -0.2) is 0 Å². The number of nitrogens with one attached hydrogen (secondary N) is 1. The molecule has 3 atom stereocenters. The van der Waals surface area contributed by atoms with Crippen LogP contribution in [0.3, 0.4) is 0 Å². The van der Waals surface area contributed by atoms with Crippen LogP contribution in [0.2, 0.25) is 0 Å². The second-order valence-corrected chi connectivity index (χ2v) is 5.07. The van der Waals surface area contributed by atoms with Gasteiger partial charge in [-0.15, -0.1) is 0 Å². The normalized spacial score (nSPS) is 24.3. The van der Waals surface area contributed by atoms with Crippen LogP contribution in [-0.4, -0.2) is 48.9 Å². The smallest absolute Gasteiger partial charge is 0.226 e. The van der Waals surface area contributed by atoms with Crippen molar-refractivity contribution in [1.82, 2.24) is 5.32 Å². The zero-order chi connectivity index (χ0) is 16.4. The van der Waals surface area contributed by atoms with Crippen LogP contribution in [0, 0.1) is 0 Å². The molecule has 0 aromatic heterocycles. The lowest BCUT2D eigenvalue weighted by atomic mass is 10.1. The fraction of sp³-hybridized carbons (Fsp3) is 0.647. The van der Waals surface area contributed by atoms with Gasteiger partial charge < -0.3 is 25.0 Å². The number of hydrogen-bond acceptors (Lipinski definition) is 5. The first kappa shape index (κ1) is 18.9. The third kappa shape index (κ3) is 5.93. The Morgan fingerprint density at radius 3 is 2.50 bits per heavy atom. The van der Waals surface area contributed by atoms with Crippen molar-refractivity contribution in [2.45, 2.75) is 51.6 Å². The molecular weight excluding hydrogens is 282 g/mol. The predicted molar refractivity (Wildman–Crippen MR) is 87.0 cm³/mol.